The van der Waals surface area contributed by atoms with Gasteiger partial charge in [0, 0.05) is 21.0 Å². The van der Waals surface area contributed by atoms with Gasteiger partial charge in [0.15, 0.2) is 0 Å². The predicted molar refractivity (Wildman–Crippen MR) is 214 cm³/mol. The van der Waals surface area contributed by atoms with E-state index in [1.165, 1.54) is 30.2 Å². The smallest absolute Gasteiger partial charge is 0.341 e. The molecule has 1 heterocycles. The van der Waals surface area contributed by atoms with Crippen molar-refractivity contribution in [3.05, 3.63) is 142 Å². The lowest BCUT2D eigenvalue weighted by atomic mass is 9.96. The van der Waals surface area contributed by atoms with Crippen molar-refractivity contribution in [2.24, 2.45) is 0 Å². The molecule has 0 fully saturated rings. The topological polar surface area (TPSA) is 114 Å². The Kier molecular flexibility index (Phi) is 12.6. The molecule has 0 aliphatic heterocycles. The van der Waals surface area contributed by atoms with E-state index in [-0.39, 0.29) is 11.6 Å². The van der Waals surface area contributed by atoms with Crippen LogP contribution in [0.2, 0.25) is 0 Å². The van der Waals surface area contributed by atoms with Crippen molar-refractivity contribution in [1.82, 2.24) is 5.32 Å². The molecule has 0 saturated carbocycles. The van der Waals surface area contributed by atoms with Crippen LogP contribution in [0, 0.1) is 0 Å². The summed E-state index contributed by atoms with van der Waals surface area (Å²) in [6, 6.07) is 33.6. The van der Waals surface area contributed by atoms with Crippen LogP contribution in [0.4, 0.5) is 10.7 Å². The van der Waals surface area contributed by atoms with Crippen molar-refractivity contribution < 1.29 is 23.9 Å². The number of aryl methyl sites for hydroxylation is 1. The zero-order valence-electron chi connectivity index (χ0n) is 29.6. The molecule has 270 valence electrons. The first-order chi connectivity index (χ1) is 25.8. The molecule has 3 amide bonds. The summed E-state index contributed by atoms with van der Waals surface area (Å²) in [5.41, 5.74) is 5.30. The number of carbonyl (C=O) groups excluding carboxylic acids is 4. The van der Waals surface area contributed by atoms with Crippen LogP contribution >= 0.6 is 23.1 Å². The molecule has 3 N–H and O–H groups in total. The van der Waals surface area contributed by atoms with Gasteiger partial charge in [-0.3, -0.25) is 14.4 Å². The second-order valence-electron chi connectivity index (χ2n) is 12.7. The van der Waals surface area contributed by atoms with E-state index in [2.05, 4.69) is 16.0 Å². The summed E-state index contributed by atoms with van der Waals surface area (Å²) in [6.07, 6.45) is 7.65. The Bertz CT molecular complexity index is 2110. The minimum absolute atomic E-state index is 0.0728. The molecule has 0 bridgehead atoms. The van der Waals surface area contributed by atoms with Crippen molar-refractivity contribution in [1.29, 1.82) is 0 Å². The maximum absolute atomic E-state index is 13.8. The predicted octanol–water partition coefficient (Wildman–Crippen LogP) is 9.39. The highest BCUT2D eigenvalue weighted by Gasteiger charge is 2.27. The van der Waals surface area contributed by atoms with E-state index in [1.54, 1.807) is 55.5 Å². The van der Waals surface area contributed by atoms with Crippen LogP contribution < -0.4 is 16.0 Å². The Morgan fingerprint density at radius 2 is 1.45 bits per heavy atom. The molecule has 1 aliphatic carbocycles. The maximum Gasteiger partial charge on any atom is 0.341 e. The lowest BCUT2D eigenvalue weighted by molar-refractivity contribution is -0.115. The number of methoxy groups -OCH3 is 1. The van der Waals surface area contributed by atoms with E-state index < -0.39 is 23.0 Å². The van der Waals surface area contributed by atoms with Gasteiger partial charge < -0.3 is 20.7 Å². The van der Waals surface area contributed by atoms with E-state index in [1.807, 2.05) is 66.7 Å². The molecule has 0 spiro atoms. The zero-order valence-corrected chi connectivity index (χ0v) is 31.3. The summed E-state index contributed by atoms with van der Waals surface area (Å²) < 4.78 is 5.12. The average Bonchev–Trinajstić information content (AvgIpc) is 3.50. The number of thiophene rings is 1. The Morgan fingerprint density at radius 1 is 0.774 bits per heavy atom. The van der Waals surface area contributed by atoms with Crippen LogP contribution in [-0.4, -0.2) is 36.1 Å². The largest absolute Gasteiger partial charge is 0.465 e. The Hall–Kier alpha value is -5.45. The number of fused-ring (bicyclic) bond motifs is 1. The lowest BCUT2D eigenvalue weighted by Crippen LogP contribution is -2.30. The van der Waals surface area contributed by atoms with E-state index in [0.29, 0.717) is 21.8 Å². The number of rotatable bonds is 11. The molecule has 1 aromatic heterocycles. The van der Waals surface area contributed by atoms with Gasteiger partial charge in [-0.15, -0.1) is 23.1 Å². The van der Waals surface area contributed by atoms with E-state index in [0.717, 1.165) is 70.6 Å². The van der Waals surface area contributed by atoms with Gasteiger partial charge >= 0.3 is 5.97 Å². The summed E-state index contributed by atoms with van der Waals surface area (Å²) >= 11 is 2.80. The number of amides is 3. The quantitative estimate of drug-likeness (QED) is 0.0706. The molecule has 4 aromatic carbocycles. The molecule has 1 unspecified atom stereocenters. The minimum Gasteiger partial charge on any atom is -0.465 e. The molecular weight excluding hydrogens is 703 g/mol. The molecule has 5 aromatic rings. The minimum atomic E-state index is -0.518. The van der Waals surface area contributed by atoms with Crippen LogP contribution in [-0.2, 0) is 27.2 Å². The van der Waals surface area contributed by atoms with Crippen LogP contribution in [0.1, 0.15) is 69.3 Å². The summed E-state index contributed by atoms with van der Waals surface area (Å²) in [7, 11) is 1.37. The molecular formula is C43H41N3O5S2. The molecule has 0 saturated heterocycles. The van der Waals surface area contributed by atoms with Gasteiger partial charge in [0.25, 0.3) is 11.8 Å². The summed E-state index contributed by atoms with van der Waals surface area (Å²) in [5.74, 6) is -1.58. The number of anilines is 2. The van der Waals surface area contributed by atoms with Crippen LogP contribution in [0.15, 0.2) is 120 Å². The number of thioether (sulfide) groups is 1. The Labute approximate surface area is 318 Å². The molecule has 53 heavy (non-hydrogen) atoms. The second kappa shape index (κ2) is 17.9. The van der Waals surface area contributed by atoms with Crippen molar-refractivity contribution in [3.8, 4) is 11.1 Å². The maximum atomic E-state index is 13.8. The first-order valence-corrected chi connectivity index (χ1v) is 19.3. The van der Waals surface area contributed by atoms with E-state index in [4.69, 9.17) is 4.74 Å². The number of esters is 1. The molecule has 1 atom stereocenters. The summed E-state index contributed by atoms with van der Waals surface area (Å²) in [4.78, 5) is 55.2. The Balaban J connectivity index is 1.17. The third-order valence-corrected chi connectivity index (χ3v) is 11.2. The SMILES string of the molecule is COC(=O)c1c(NC(=O)C(C)Sc2cccc(NC(=O)/C(=C\c3ccc(-c4ccccc4)cc3)NC(=O)c3ccccc3)c2)sc2c1CCCCCC2. The average molecular weight is 744 g/mol. The van der Waals surface area contributed by atoms with Crippen molar-refractivity contribution in [3.63, 3.8) is 0 Å². The number of hydrogen-bond acceptors (Lipinski definition) is 7. The summed E-state index contributed by atoms with van der Waals surface area (Å²) in [5, 5.41) is 8.74. The highest BCUT2D eigenvalue weighted by atomic mass is 32.2. The fraction of sp³-hybridized carbons (Fsp3) is 0.209. The fourth-order valence-corrected chi connectivity index (χ4v) is 8.36. The van der Waals surface area contributed by atoms with Gasteiger partial charge in [-0.1, -0.05) is 91.7 Å². The van der Waals surface area contributed by atoms with Crippen LogP contribution in [0.5, 0.6) is 0 Å². The lowest BCUT2D eigenvalue weighted by Gasteiger charge is -2.14. The third kappa shape index (κ3) is 9.71. The number of benzene rings is 4. The molecule has 10 heteroatoms. The first kappa shape index (κ1) is 37.3. The van der Waals surface area contributed by atoms with Gasteiger partial charge in [0.2, 0.25) is 5.91 Å². The number of ether oxygens (including phenoxy) is 1. The normalized spacial score (nSPS) is 13.4. The standard InChI is InChI=1S/C43H41N3O5S2/c1-28(39(47)46-42-38(43(50)51-2)35-20-11-3-4-12-21-37(35)53-42)52-34-19-13-18-33(27-34)44-41(49)36(45-40(48)32-16-9-6-10-17-32)26-29-22-24-31(25-23-29)30-14-7-5-8-15-30/h5-10,13-19,22-28H,3-4,11-12,20-21H2,1-2H3,(H,44,49)(H,45,48)(H,46,47)/b36-26+. The zero-order chi connectivity index (χ0) is 37.2. The van der Waals surface area contributed by atoms with Gasteiger partial charge in [-0.2, -0.15) is 0 Å². The molecule has 1 aliphatic rings. The van der Waals surface area contributed by atoms with Crippen LogP contribution in [0.3, 0.4) is 0 Å². The van der Waals surface area contributed by atoms with Gasteiger partial charge in [-0.25, -0.2) is 4.79 Å². The highest BCUT2D eigenvalue weighted by molar-refractivity contribution is 8.00. The second-order valence-corrected chi connectivity index (χ2v) is 15.2. The number of carbonyl (C=O) groups is 4. The van der Waals surface area contributed by atoms with Crippen LogP contribution in [0.25, 0.3) is 17.2 Å². The highest BCUT2D eigenvalue weighted by Crippen LogP contribution is 2.38. The molecule has 0 radical (unpaired) electrons. The van der Waals surface area contributed by atoms with Crippen molar-refractivity contribution >= 4 is 63.6 Å². The van der Waals surface area contributed by atoms with Gasteiger partial charge in [0.05, 0.1) is 17.9 Å². The van der Waals surface area contributed by atoms with E-state index >= 15 is 0 Å². The van der Waals surface area contributed by atoms with Gasteiger partial charge in [0.1, 0.15) is 10.7 Å². The fourth-order valence-electron chi connectivity index (χ4n) is 6.15. The number of hydrogen-bond donors (Lipinski definition) is 3. The van der Waals surface area contributed by atoms with E-state index in [9.17, 15) is 19.2 Å². The van der Waals surface area contributed by atoms with Crippen molar-refractivity contribution in [2.45, 2.75) is 55.6 Å². The third-order valence-electron chi connectivity index (χ3n) is 8.93. The molecule has 6 rings (SSSR count). The molecule has 8 nitrogen and oxygen atoms in total. The monoisotopic (exact) mass is 743 g/mol. The number of nitrogens with one attached hydrogen (secondary N) is 3. The first-order valence-electron chi connectivity index (χ1n) is 17.6. The summed E-state index contributed by atoms with van der Waals surface area (Å²) in [6.45, 7) is 1.80. The Morgan fingerprint density at radius 3 is 2.17 bits per heavy atom. The van der Waals surface area contributed by atoms with Crippen molar-refractivity contribution in [2.75, 3.05) is 17.7 Å². The van der Waals surface area contributed by atoms with Gasteiger partial charge in [-0.05, 0) is 91.3 Å².